The zero-order valence-electron chi connectivity index (χ0n) is 16.3. The van der Waals surface area contributed by atoms with Crippen LogP contribution in [0, 0.1) is 0 Å². The zero-order chi connectivity index (χ0) is 21.1. The molecule has 156 valence electrons. The molecule has 0 atom stereocenters. The maximum absolute atomic E-state index is 12.1. The van der Waals surface area contributed by atoms with Crippen molar-refractivity contribution < 1.29 is 24.2 Å². The summed E-state index contributed by atoms with van der Waals surface area (Å²) >= 11 is 0. The van der Waals surface area contributed by atoms with E-state index in [0.717, 1.165) is 5.52 Å². The molecule has 0 bridgehead atoms. The van der Waals surface area contributed by atoms with E-state index in [0.29, 0.717) is 33.9 Å². The lowest BCUT2D eigenvalue weighted by Gasteiger charge is -2.03. The summed E-state index contributed by atoms with van der Waals surface area (Å²) in [6, 6.07) is 10.7. The average Bonchev–Trinajstić information content (AvgIpc) is 3.30. The minimum atomic E-state index is -0.274. The number of carbonyl (C=O) groups excluding carboxylic acids is 1. The lowest BCUT2D eigenvalue weighted by Crippen LogP contribution is -2.26. The standard InChI is InChI=1S/C20H21N5O5/c1-25-16-5-2-12(18(28)21-6-7-26)10-15(16)22-19(25)24-20-23-14-4-3-13(29-9-8-27)11-17(14)30-20/h2-5,10-11,26-27H,6-9H2,1H3,(H,21,28)(H,22,23,24). The average molecular weight is 411 g/mol. The molecule has 1 amide bonds. The van der Waals surface area contributed by atoms with Crippen LogP contribution in [-0.4, -0.2) is 57.0 Å². The lowest BCUT2D eigenvalue weighted by atomic mass is 10.2. The predicted molar refractivity (Wildman–Crippen MR) is 110 cm³/mol. The summed E-state index contributed by atoms with van der Waals surface area (Å²) in [7, 11) is 1.84. The summed E-state index contributed by atoms with van der Waals surface area (Å²) in [5.74, 6) is 0.805. The van der Waals surface area contributed by atoms with Gasteiger partial charge < -0.3 is 29.3 Å². The maximum Gasteiger partial charge on any atom is 0.302 e. The van der Waals surface area contributed by atoms with Gasteiger partial charge >= 0.3 is 6.01 Å². The number of benzene rings is 2. The van der Waals surface area contributed by atoms with Crippen LogP contribution in [0.15, 0.2) is 40.8 Å². The number of fused-ring (bicyclic) bond motifs is 2. The smallest absolute Gasteiger partial charge is 0.302 e. The van der Waals surface area contributed by atoms with E-state index in [-0.39, 0.29) is 38.3 Å². The number of amides is 1. The van der Waals surface area contributed by atoms with Gasteiger partial charge in [0.1, 0.15) is 17.9 Å². The van der Waals surface area contributed by atoms with E-state index in [1.165, 1.54) is 0 Å². The molecule has 10 heteroatoms. The zero-order valence-corrected chi connectivity index (χ0v) is 16.3. The fraction of sp³-hybridized carbons (Fsp3) is 0.250. The van der Waals surface area contributed by atoms with Crippen molar-refractivity contribution in [1.29, 1.82) is 0 Å². The van der Waals surface area contributed by atoms with Gasteiger partial charge in [-0.3, -0.25) is 10.1 Å². The van der Waals surface area contributed by atoms with Crippen LogP contribution < -0.4 is 15.4 Å². The molecular weight excluding hydrogens is 390 g/mol. The van der Waals surface area contributed by atoms with Gasteiger partial charge in [-0.1, -0.05) is 0 Å². The quantitative estimate of drug-likeness (QED) is 0.343. The molecule has 4 aromatic rings. The molecule has 0 unspecified atom stereocenters. The third-order valence-corrected chi connectivity index (χ3v) is 4.48. The van der Waals surface area contributed by atoms with Crippen molar-refractivity contribution in [2.24, 2.45) is 7.05 Å². The number of oxazole rings is 1. The van der Waals surface area contributed by atoms with Crippen LogP contribution in [0.1, 0.15) is 10.4 Å². The highest BCUT2D eigenvalue weighted by atomic mass is 16.5. The molecule has 0 saturated heterocycles. The largest absolute Gasteiger partial charge is 0.491 e. The molecule has 10 nitrogen and oxygen atoms in total. The Labute approximate surface area is 171 Å². The number of nitrogens with one attached hydrogen (secondary N) is 2. The van der Waals surface area contributed by atoms with Gasteiger partial charge in [0.25, 0.3) is 5.91 Å². The van der Waals surface area contributed by atoms with E-state index < -0.39 is 0 Å². The molecule has 0 aliphatic rings. The summed E-state index contributed by atoms with van der Waals surface area (Å²) in [6.45, 7) is 0.199. The number of hydrogen-bond donors (Lipinski definition) is 4. The molecule has 2 heterocycles. The highest BCUT2D eigenvalue weighted by molar-refractivity contribution is 5.97. The molecule has 4 N–H and O–H groups in total. The van der Waals surface area contributed by atoms with Crippen molar-refractivity contribution in [2.75, 3.05) is 31.7 Å². The summed E-state index contributed by atoms with van der Waals surface area (Å²) in [5, 5.41) is 23.4. The Bertz CT molecular complexity index is 1200. The number of anilines is 2. The van der Waals surface area contributed by atoms with Gasteiger partial charge in [0.05, 0.1) is 24.2 Å². The lowest BCUT2D eigenvalue weighted by molar-refractivity contribution is 0.0945. The number of aromatic nitrogens is 3. The third kappa shape index (κ3) is 3.91. The number of aliphatic hydroxyl groups excluding tert-OH is 2. The van der Waals surface area contributed by atoms with Crippen molar-refractivity contribution in [3.8, 4) is 5.75 Å². The van der Waals surface area contributed by atoms with Crippen molar-refractivity contribution in [2.45, 2.75) is 0 Å². The Balaban J connectivity index is 1.58. The second-order valence-corrected chi connectivity index (χ2v) is 6.52. The van der Waals surface area contributed by atoms with Gasteiger partial charge in [0.15, 0.2) is 5.58 Å². The number of carbonyl (C=O) groups is 1. The molecule has 2 aromatic heterocycles. The highest BCUT2D eigenvalue weighted by Gasteiger charge is 2.14. The molecule has 0 radical (unpaired) electrons. The van der Waals surface area contributed by atoms with Crippen molar-refractivity contribution in [3.63, 3.8) is 0 Å². The molecule has 0 aliphatic heterocycles. The minimum Gasteiger partial charge on any atom is -0.491 e. The molecule has 30 heavy (non-hydrogen) atoms. The third-order valence-electron chi connectivity index (χ3n) is 4.48. The van der Waals surface area contributed by atoms with Gasteiger partial charge in [0.2, 0.25) is 5.95 Å². The SMILES string of the molecule is Cn1c(Nc2nc3ccc(OCCO)cc3o2)nc2cc(C(=O)NCCO)ccc21. The first kappa shape index (κ1) is 19.7. The van der Waals surface area contributed by atoms with Crippen molar-refractivity contribution in [1.82, 2.24) is 19.9 Å². The summed E-state index contributed by atoms with van der Waals surface area (Å²) < 4.78 is 13.0. The number of ether oxygens (including phenoxy) is 1. The Morgan fingerprint density at radius 1 is 1.13 bits per heavy atom. The predicted octanol–water partition coefficient (Wildman–Crippen LogP) is 1.55. The van der Waals surface area contributed by atoms with Gasteiger partial charge in [-0.2, -0.15) is 4.98 Å². The molecular formula is C20H21N5O5. The van der Waals surface area contributed by atoms with Crippen LogP contribution >= 0.6 is 0 Å². The van der Waals surface area contributed by atoms with E-state index in [4.69, 9.17) is 19.4 Å². The van der Waals surface area contributed by atoms with Gasteiger partial charge in [-0.15, -0.1) is 0 Å². The maximum atomic E-state index is 12.1. The number of aryl methyl sites for hydroxylation is 1. The Kier molecular flexibility index (Phi) is 5.50. The Hall–Kier alpha value is -3.63. The monoisotopic (exact) mass is 411 g/mol. The fourth-order valence-corrected chi connectivity index (χ4v) is 3.03. The van der Waals surface area contributed by atoms with Crippen molar-refractivity contribution in [3.05, 3.63) is 42.0 Å². The number of imidazole rings is 1. The number of rotatable bonds is 8. The van der Waals surface area contributed by atoms with Gasteiger partial charge in [-0.25, -0.2) is 4.98 Å². The second-order valence-electron chi connectivity index (χ2n) is 6.52. The minimum absolute atomic E-state index is 0.0707. The van der Waals surface area contributed by atoms with Gasteiger partial charge in [-0.05, 0) is 30.3 Å². The van der Waals surface area contributed by atoms with Crippen LogP contribution in [0.4, 0.5) is 12.0 Å². The van der Waals surface area contributed by atoms with Crippen LogP contribution in [0.25, 0.3) is 22.1 Å². The number of nitrogens with zero attached hydrogens (tertiary/aromatic N) is 3. The van der Waals surface area contributed by atoms with E-state index in [1.807, 2.05) is 11.6 Å². The van der Waals surface area contributed by atoms with Crippen LogP contribution in [0.5, 0.6) is 5.75 Å². The Morgan fingerprint density at radius 3 is 2.80 bits per heavy atom. The first-order chi connectivity index (χ1) is 14.6. The number of aliphatic hydroxyl groups is 2. The summed E-state index contributed by atoms with van der Waals surface area (Å²) in [5.41, 5.74) is 3.10. The van der Waals surface area contributed by atoms with Gasteiger partial charge in [0, 0.05) is 25.2 Å². The molecule has 0 fully saturated rings. The first-order valence-electron chi connectivity index (χ1n) is 9.36. The summed E-state index contributed by atoms with van der Waals surface area (Å²) in [6.07, 6.45) is 0. The molecule has 0 spiro atoms. The van der Waals surface area contributed by atoms with E-state index >= 15 is 0 Å². The Morgan fingerprint density at radius 2 is 2.00 bits per heavy atom. The van der Waals surface area contributed by atoms with Crippen LogP contribution in [0.2, 0.25) is 0 Å². The second kappa shape index (κ2) is 8.39. The summed E-state index contributed by atoms with van der Waals surface area (Å²) in [4.78, 5) is 21.0. The normalized spacial score (nSPS) is 11.2. The highest BCUT2D eigenvalue weighted by Crippen LogP contribution is 2.27. The van der Waals surface area contributed by atoms with E-state index in [1.54, 1.807) is 36.4 Å². The first-order valence-corrected chi connectivity index (χ1v) is 9.36. The van der Waals surface area contributed by atoms with E-state index in [2.05, 4.69) is 20.6 Å². The van der Waals surface area contributed by atoms with Crippen molar-refractivity contribution >= 4 is 40.0 Å². The number of hydrogen-bond acceptors (Lipinski definition) is 8. The van der Waals surface area contributed by atoms with E-state index in [9.17, 15) is 4.79 Å². The molecule has 2 aromatic carbocycles. The van der Waals surface area contributed by atoms with Crippen LogP contribution in [0.3, 0.4) is 0 Å². The fourth-order valence-electron chi connectivity index (χ4n) is 3.03. The topological polar surface area (TPSA) is 135 Å². The van der Waals surface area contributed by atoms with Crippen LogP contribution in [-0.2, 0) is 7.05 Å². The molecule has 4 rings (SSSR count). The molecule has 0 saturated carbocycles. The molecule has 0 aliphatic carbocycles.